The molecule has 0 radical (unpaired) electrons. The molecule has 1 heterocycles. The van der Waals surface area contributed by atoms with Crippen LogP contribution in [0.25, 0.3) is 0 Å². The Morgan fingerprint density at radius 3 is 2.55 bits per heavy atom. The Morgan fingerprint density at radius 1 is 1.03 bits per heavy atom. The first-order valence-electron chi connectivity index (χ1n) is 10.2. The second-order valence-electron chi connectivity index (χ2n) is 7.72. The van der Waals surface area contributed by atoms with Gasteiger partial charge in [0.15, 0.2) is 0 Å². The van der Waals surface area contributed by atoms with Crippen LogP contribution in [0.3, 0.4) is 0 Å². The second-order valence-corrected chi connectivity index (χ2v) is 7.72. The number of ether oxygens (including phenoxy) is 1. The Morgan fingerprint density at radius 2 is 1.79 bits per heavy atom. The number of nitrogens with zero attached hydrogens (tertiary/aromatic N) is 1. The molecule has 1 atom stereocenters. The monoisotopic (exact) mass is 390 g/mol. The Bertz CT molecular complexity index is 1080. The lowest BCUT2D eigenvalue weighted by Gasteiger charge is -2.22. The highest BCUT2D eigenvalue weighted by atomic mass is 16.5. The maximum atomic E-state index is 12.7. The van der Waals surface area contributed by atoms with Crippen LogP contribution in [0.4, 0.5) is 0 Å². The van der Waals surface area contributed by atoms with Gasteiger partial charge in [0.1, 0.15) is 6.73 Å². The van der Waals surface area contributed by atoms with Crippen molar-refractivity contribution in [2.75, 3.05) is 0 Å². The van der Waals surface area contributed by atoms with E-state index in [-0.39, 0.29) is 18.2 Å². The van der Waals surface area contributed by atoms with Crippen molar-refractivity contribution in [1.82, 2.24) is 9.55 Å². The molecule has 1 aromatic heterocycles. The molecule has 1 unspecified atom stereocenters. The lowest BCUT2D eigenvalue weighted by Crippen LogP contribution is -2.37. The predicted molar refractivity (Wildman–Crippen MR) is 113 cm³/mol. The largest absolute Gasteiger partial charge is 0.356 e. The Labute approximate surface area is 170 Å². The molecule has 3 aromatic rings. The van der Waals surface area contributed by atoms with Gasteiger partial charge in [-0.1, -0.05) is 66.6 Å². The number of nitrogens with one attached hydrogen (secondary N) is 1. The first-order valence-corrected chi connectivity index (χ1v) is 10.2. The van der Waals surface area contributed by atoms with E-state index in [0.29, 0.717) is 13.0 Å². The quantitative estimate of drug-likeness (QED) is 0.673. The zero-order chi connectivity index (χ0) is 20.2. The molecule has 29 heavy (non-hydrogen) atoms. The van der Waals surface area contributed by atoms with Crippen LogP contribution < -0.4 is 11.2 Å². The highest BCUT2D eigenvalue weighted by Gasteiger charge is 2.26. The summed E-state index contributed by atoms with van der Waals surface area (Å²) in [5.74, 6) is 0.0171. The average Bonchev–Trinajstić information content (AvgIpc) is 2.95. The summed E-state index contributed by atoms with van der Waals surface area (Å²) in [6.45, 7) is 2.59. The van der Waals surface area contributed by atoms with E-state index in [9.17, 15) is 9.59 Å². The van der Waals surface area contributed by atoms with Gasteiger partial charge < -0.3 is 4.74 Å². The lowest BCUT2D eigenvalue weighted by molar-refractivity contribution is 0.0583. The van der Waals surface area contributed by atoms with Crippen molar-refractivity contribution < 1.29 is 4.74 Å². The summed E-state index contributed by atoms with van der Waals surface area (Å²) in [5, 5.41) is 0. The number of aromatic amines is 1. The molecule has 0 bridgehead atoms. The highest BCUT2D eigenvalue weighted by Crippen LogP contribution is 2.34. The van der Waals surface area contributed by atoms with Gasteiger partial charge in [0.2, 0.25) is 0 Å². The van der Waals surface area contributed by atoms with Crippen LogP contribution in [0.5, 0.6) is 0 Å². The van der Waals surface area contributed by atoms with Crippen LogP contribution in [0.15, 0.2) is 64.2 Å². The van der Waals surface area contributed by atoms with Crippen LogP contribution in [-0.2, 0) is 24.5 Å². The minimum absolute atomic E-state index is 0.0171. The standard InChI is InChI=1S/C24H26N2O3/c1-17-11-13-19(14-12-17)20-9-5-6-10-21-22(20)26(24(28)25-23(21)27)16-29-15-18-7-3-2-4-8-18/h2-4,7-8,11-14,20H,5-6,9-10,15-16H2,1H3,(H,25,27,28). The summed E-state index contributed by atoms with van der Waals surface area (Å²) in [4.78, 5) is 27.8. The molecular weight excluding hydrogens is 364 g/mol. The Hall–Kier alpha value is -2.92. The third-order valence-electron chi connectivity index (χ3n) is 5.65. The molecule has 0 amide bonds. The van der Waals surface area contributed by atoms with E-state index in [0.717, 1.165) is 41.6 Å². The number of H-pyrrole nitrogens is 1. The smallest absolute Gasteiger partial charge is 0.330 e. The zero-order valence-electron chi connectivity index (χ0n) is 16.7. The molecule has 5 heteroatoms. The van der Waals surface area contributed by atoms with Crippen LogP contribution in [0.2, 0.25) is 0 Å². The van der Waals surface area contributed by atoms with Crippen LogP contribution in [0.1, 0.15) is 53.1 Å². The fourth-order valence-electron chi connectivity index (χ4n) is 4.14. The van der Waals surface area contributed by atoms with Crippen molar-refractivity contribution in [3.05, 3.63) is 103 Å². The van der Waals surface area contributed by atoms with Gasteiger partial charge >= 0.3 is 5.69 Å². The molecule has 5 nitrogen and oxygen atoms in total. The minimum atomic E-state index is -0.402. The summed E-state index contributed by atoms with van der Waals surface area (Å²) in [6.07, 6.45) is 3.57. The van der Waals surface area contributed by atoms with Gasteiger partial charge in [-0.15, -0.1) is 0 Å². The van der Waals surface area contributed by atoms with Gasteiger partial charge in [0.05, 0.1) is 6.61 Å². The zero-order valence-corrected chi connectivity index (χ0v) is 16.7. The number of rotatable bonds is 5. The SMILES string of the molecule is Cc1ccc(C2CCCCc3c2n(COCc2ccccc2)c(=O)[nH]c3=O)cc1. The molecular formula is C24H26N2O3. The number of benzene rings is 2. The first kappa shape index (κ1) is 19.4. The second kappa shape index (κ2) is 8.62. The number of fused-ring (bicyclic) bond motifs is 1. The van der Waals surface area contributed by atoms with Crippen LogP contribution in [-0.4, -0.2) is 9.55 Å². The molecule has 0 saturated heterocycles. The molecule has 1 aliphatic carbocycles. The number of hydrogen-bond donors (Lipinski definition) is 1. The maximum Gasteiger partial charge on any atom is 0.330 e. The molecule has 1 N–H and O–H groups in total. The maximum absolute atomic E-state index is 12.7. The molecule has 1 aliphatic rings. The Kier molecular flexibility index (Phi) is 5.76. The third-order valence-corrected chi connectivity index (χ3v) is 5.65. The van der Waals surface area contributed by atoms with Crippen molar-refractivity contribution >= 4 is 0 Å². The number of aryl methyl sites for hydroxylation is 1. The predicted octanol–water partition coefficient (Wildman–Crippen LogP) is 3.88. The highest BCUT2D eigenvalue weighted by molar-refractivity contribution is 5.35. The van der Waals surface area contributed by atoms with E-state index in [1.807, 2.05) is 30.3 Å². The lowest BCUT2D eigenvalue weighted by atomic mass is 9.90. The van der Waals surface area contributed by atoms with Gasteiger partial charge in [-0.05, 0) is 37.3 Å². The van der Waals surface area contributed by atoms with Crippen molar-refractivity contribution in [1.29, 1.82) is 0 Å². The first-order chi connectivity index (χ1) is 14.1. The van der Waals surface area contributed by atoms with Gasteiger partial charge in [-0.25, -0.2) is 4.79 Å². The van der Waals surface area contributed by atoms with Gasteiger partial charge in [0.25, 0.3) is 5.56 Å². The summed E-state index contributed by atoms with van der Waals surface area (Å²) in [6, 6.07) is 18.3. The van der Waals surface area contributed by atoms with E-state index in [1.54, 1.807) is 4.57 Å². The van der Waals surface area contributed by atoms with Gasteiger partial charge in [-0.3, -0.25) is 14.3 Å². The fraction of sp³-hybridized carbons (Fsp3) is 0.333. The normalized spacial score (nSPS) is 16.2. The van der Waals surface area contributed by atoms with Crippen molar-refractivity contribution in [2.24, 2.45) is 0 Å². The fourth-order valence-corrected chi connectivity index (χ4v) is 4.14. The van der Waals surface area contributed by atoms with Crippen molar-refractivity contribution in [3.8, 4) is 0 Å². The van der Waals surface area contributed by atoms with Gasteiger partial charge in [0, 0.05) is 17.2 Å². The van der Waals surface area contributed by atoms with Crippen LogP contribution in [0, 0.1) is 6.92 Å². The van der Waals surface area contributed by atoms with E-state index < -0.39 is 5.69 Å². The summed E-state index contributed by atoms with van der Waals surface area (Å²) < 4.78 is 7.50. The molecule has 0 spiro atoms. The van der Waals surface area contributed by atoms with Crippen LogP contribution >= 0.6 is 0 Å². The topological polar surface area (TPSA) is 64.1 Å². The van der Waals surface area contributed by atoms with Gasteiger partial charge in [-0.2, -0.15) is 0 Å². The molecule has 0 saturated carbocycles. The molecule has 2 aromatic carbocycles. The Balaban J connectivity index is 1.72. The third kappa shape index (κ3) is 4.25. The summed E-state index contributed by atoms with van der Waals surface area (Å²) in [5.41, 5.74) is 4.25. The van der Waals surface area contributed by atoms with E-state index >= 15 is 0 Å². The van der Waals surface area contributed by atoms with E-state index in [2.05, 4.69) is 36.2 Å². The molecule has 4 rings (SSSR count). The average molecular weight is 390 g/mol. The molecule has 150 valence electrons. The number of hydrogen-bond acceptors (Lipinski definition) is 3. The summed E-state index contributed by atoms with van der Waals surface area (Å²) in [7, 11) is 0. The summed E-state index contributed by atoms with van der Waals surface area (Å²) >= 11 is 0. The van der Waals surface area contributed by atoms with E-state index in [4.69, 9.17) is 4.74 Å². The minimum Gasteiger partial charge on any atom is -0.356 e. The van der Waals surface area contributed by atoms with E-state index in [1.165, 1.54) is 5.56 Å². The van der Waals surface area contributed by atoms with Crippen molar-refractivity contribution in [2.45, 2.75) is 51.9 Å². The molecule has 0 aliphatic heterocycles. The number of aromatic nitrogens is 2. The van der Waals surface area contributed by atoms with Crippen molar-refractivity contribution in [3.63, 3.8) is 0 Å². The molecule has 0 fully saturated rings.